The van der Waals surface area contributed by atoms with Crippen LogP contribution in [0.2, 0.25) is 10.0 Å². The van der Waals surface area contributed by atoms with Gasteiger partial charge in [-0.2, -0.15) is 4.31 Å². The van der Waals surface area contributed by atoms with Gasteiger partial charge in [0.15, 0.2) is 0 Å². The van der Waals surface area contributed by atoms with Crippen LogP contribution in [0.25, 0.3) is 0 Å². The number of halogens is 3. The van der Waals surface area contributed by atoms with E-state index in [4.69, 9.17) is 23.2 Å². The maximum Gasteiger partial charge on any atom is 0.255 e. The number of amides is 1. The van der Waals surface area contributed by atoms with Crippen molar-refractivity contribution in [3.63, 3.8) is 0 Å². The summed E-state index contributed by atoms with van der Waals surface area (Å²) in [5.74, 6) is -1.77. The Balaban J connectivity index is 1.52. The first kappa shape index (κ1) is 21.8. The molecule has 1 amide bonds. The van der Waals surface area contributed by atoms with E-state index < -0.39 is 21.7 Å². The quantitative estimate of drug-likeness (QED) is 0.720. The van der Waals surface area contributed by atoms with Gasteiger partial charge in [0.25, 0.3) is 5.91 Å². The number of hydrogen-bond donors (Lipinski definition) is 1. The predicted molar refractivity (Wildman–Crippen MR) is 113 cm³/mol. The number of carbonyl (C=O) groups excluding carboxylic acids is 1. The molecule has 0 aromatic heterocycles. The molecule has 0 aliphatic carbocycles. The third-order valence-electron chi connectivity index (χ3n) is 4.64. The van der Waals surface area contributed by atoms with Crippen LogP contribution in [0.4, 0.5) is 10.1 Å². The highest BCUT2D eigenvalue weighted by Gasteiger charge is 2.27. The summed E-state index contributed by atoms with van der Waals surface area (Å²) in [5.41, 5.74) is 0.658. The molecular weight excluding hydrogens is 440 g/mol. The summed E-state index contributed by atoms with van der Waals surface area (Å²) in [7, 11) is -3.56. The molecular formula is C19H20Cl2FN3O3S. The second kappa shape index (κ2) is 9.30. The van der Waals surface area contributed by atoms with Gasteiger partial charge in [-0.1, -0.05) is 35.3 Å². The van der Waals surface area contributed by atoms with Gasteiger partial charge in [-0.25, -0.2) is 12.8 Å². The fraction of sp³-hybridized carbons (Fsp3) is 0.316. The summed E-state index contributed by atoms with van der Waals surface area (Å²) in [5, 5.41) is 3.02. The van der Waals surface area contributed by atoms with Crippen molar-refractivity contribution in [3.8, 4) is 0 Å². The number of carbonyl (C=O) groups is 1. The van der Waals surface area contributed by atoms with E-state index in [0.29, 0.717) is 31.2 Å². The molecule has 1 aliphatic rings. The zero-order chi connectivity index (χ0) is 21.0. The number of nitrogens with zero attached hydrogens (tertiary/aromatic N) is 2. The van der Waals surface area contributed by atoms with E-state index in [9.17, 15) is 17.6 Å². The third kappa shape index (κ3) is 5.39. The van der Waals surface area contributed by atoms with E-state index in [0.717, 1.165) is 11.8 Å². The zero-order valence-electron chi connectivity index (χ0n) is 15.4. The van der Waals surface area contributed by atoms with Crippen molar-refractivity contribution in [2.24, 2.45) is 0 Å². The lowest BCUT2D eigenvalue weighted by Crippen LogP contribution is -2.50. The number of sulfonamides is 1. The highest BCUT2D eigenvalue weighted by atomic mass is 35.5. The number of hydrogen-bond acceptors (Lipinski definition) is 4. The summed E-state index contributed by atoms with van der Waals surface area (Å²) in [6.45, 7) is 1.61. The molecule has 1 heterocycles. The van der Waals surface area contributed by atoms with E-state index in [1.807, 2.05) is 18.2 Å². The number of nitrogens with one attached hydrogen (secondary N) is 1. The van der Waals surface area contributed by atoms with Crippen LogP contribution >= 0.6 is 23.2 Å². The summed E-state index contributed by atoms with van der Waals surface area (Å²) >= 11 is 11.9. The van der Waals surface area contributed by atoms with Crippen LogP contribution in [0.5, 0.6) is 0 Å². The first-order valence-corrected chi connectivity index (χ1v) is 11.3. The van der Waals surface area contributed by atoms with Gasteiger partial charge in [-0.3, -0.25) is 4.79 Å². The van der Waals surface area contributed by atoms with Crippen molar-refractivity contribution in [1.29, 1.82) is 0 Å². The molecule has 3 rings (SSSR count). The zero-order valence-corrected chi connectivity index (χ0v) is 17.8. The topological polar surface area (TPSA) is 69.7 Å². The lowest BCUT2D eigenvalue weighted by molar-refractivity contribution is 0.0952. The van der Waals surface area contributed by atoms with Gasteiger partial charge in [0.1, 0.15) is 5.82 Å². The molecule has 156 valence electrons. The van der Waals surface area contributed by atoms with Gasteiger partial charge in [0, 0.05) is 43.4 Å². The molecule has 0 radical (unpaired) electrons. The summed E-state index contributed by atoms with van der Waals surface area (Å²) in [6.07, 6.45) is 0. The highest BCUT2D eigenvalue weighted by molar-refractivity contribution is 7.89. The Morgan fingerprint density at radius 1 is 1.07 bits per heavy atom. The minimum Gasteiger partial charge on any atom is -0.369 e. The molecule has 10 heteroatoms. The second-order valence-electron chi connectivity index (χ2n) is 6.53. The normalized spacial score (nSPS) is 15.3. The Bertz CT molecular complexity index is 976. The fourth-order valence-corrected chi connectivity index (χ4v) is 4.89. The number of benzene rings is 2. The van der Waals surface area contributed by atoms with E-state index in [1.165, 1.54) is 16.4 Å². The molecule has 0 atom stereocenters. The van der Waals surface area contributed by atoms with E-state index in [1.54, 1.807) is 6.07 Å². The van der Waals surface area contributed by atoms with Crippen LogP contribution in [-0.2, 0) is 10.0 Å². The van der Waals surface area contributed by atoms with E-state index >= 15 is 0 Å². The number of anilines is 1. The fourth-order valence-electron chi connectivity index (χ4n) is 3.12. The lowest BCUT2D eigenvalue weighted by atomic mass is 10.2. The molecule has 1 fully saturated rings. The maximum atomic E-state index is 13.8. The smallest absolute Gasteiger partial charge is 0.255 e. The van der Waals surface area contributed by atoms with E-state index in [2.05, 4.69) is 10.2 Å². The second-order valence-corrected chi connectivity index (χ2v) is 9.47. The van der Waals surface area contributed by atoms with Crippen LogP contribution in [-0.4, -0.2) is 57.1 Å². The Labute approximate surface area is 179 Å². The van der Waals surface area contributed by atoms with Crippen molar-refractivity contribution >= 4 is 44.8 Å². The minimum atomic E-state index is -3.56. The van der Waals surface area contributed by atoms with Gasteiger partial charge in [-0.05, 0) is 30.3 Å². The molecule has 0 saturated carbocycles. The van der Waals surface area contributed by atoms with Crippen LogP contribution in [0.3, 0.4) is 0 Å². The van der Waals surface area contributed by atoms with Gasteiger partial charge < -0.3 is 10.2 Å². The standard InChI is InChI=1S/C19H20Cl2FN3O3S/c20-14-3-1-4-15(13-14)24-8-10-25(11-9-24)29(27,28)12-7-23-19(26)18-16(21)5-2-6-17(18)22/h1-6,13H,7-12H2,(H,23,26). The molecule has 1 saturated heterocycles. The van der Waals surface area contributed by atoms with Crippen molar-refractivity contribution in [3.05, 3.63) is 63.9 Å². The molecule has 0 spiro atoms. The van der Waals surface area contributed by atoms with Gasteiger partial charge in [-0.15, -0.1) is 0 Å². The molecule has 0 bridgehead atoms. The van der Waals surface area contributed by atoms with Crippen molar-refractivity contribution in [1.82, 2.24) is 9.62 Å². The summed E-state index contributed by atoms with van der Waals surface area (Å²) in [4.78, 5) is 14.2. The monoisotopic (exact) mass is 459 g/mol. The first-order valence-electron chi connectivity index (χ1n) is 8.98. The highest BCUT2D eigenvalue weighted by Crippen LogP contribution is 2.22. The molecule has 6 nitrogen and oxygen atoms in total. The van der Waals surface area contributed by atoms with Gasteiger partial charge >= 0.3 is 0 Å². The Morgan fingerprint density at radius 3 is 2.41 bits per heavy atom. The van der Waals surface area contributed by atoms with Gasteiger partial charge in [0.05, 0.1) is 16.3 Å². The summed E-state index contributed by atoms with van der Waals surface area (Å²) < 4.78 is 40.3. The van der Waals surface area contributed by atoms with Crippen molar-refractivity contribution in [2.75, 3.05) is 43.4 Å². The molecule has 1 N–H and O–H groups in total. The first-order chi connectivity index (χ1) is 13.8. The van der Waals surface area contributed by atoms with Crippen LogP contribution < -0.4 is 10.2 Å². The lowest BCUT2D eigenvalue weighted by Gasteiger charge is -2.35. The van der Waals surface area contributed by atoms with E-state index in [-0.39, 0.29) is 22.9 Å². The van der Waals surface area contributed by atoms with Crippen molar-refractivity contribution < 1.29 is 17.6 Å². The molecule has 2 aromatic carbocycles. The molecule has 2 aromatic rings. The van der Waals surface area contributed by atoms with Crippen LogP contribution in [0.15, 0.2) is 42.5 Å². The molecule has 1 aliphatic heterocycles. The molecule has 0 unspecified atom stereocenters. The SMILES string of the molecule is O=C(NCCS(=O)(=O)N1CCN(c2cccc(Cl)c2)CC1)c1c(F)cccc1Cl. The molecule has 29 heavy (non-hydrogen) atoms. The van der Waals surface area contributed by atoms with Crippen LogP contribution in [0.1, 0.15) is 10.4 Å². The average molecular weight is 460 g/mol. The minimum absolute atomic E-state index is 0.0255. The predicted octanol–water partition coefficient (Wildman–Crippen LogP) is 3.01. The maximum absolute atomic E-state index is 13.8. The number of rotatable bonds is 6. The summed E-state index contributed by atoms with van der Waals surface area (Å²) in [6, 6.07) is 11.3. The van der Waals surface area contributed by atoms with Gasteiger partial charge in [0.2, 0.25) is 10.0 Å². The Morgan fingerprint density at radius 2 is 1.76 bits per heavy atom. The largest absolute Gasteiger partial charge is 0.369 e. The Kier molecular flexibility index (Phi) is 7.00. The average Bonchev–Trinajstić information content (AvgIpc) is 2.68. The third-order valence-corrected chi connectivity index (χ3v) is 7.06. The Hall–Kier alpha value is -1.87. The van der Waals surface area contributed by atoms with Crippen LogP contribution in [0, 0.1) is 5.82 Å². The number of piperazine rings is 1. The van der Waals surface area contributed by atoms with Crippen molar-refractivity contribution in [2.45, 2.75) is 0 Å².